The van der Waals surface area contributed by atoms with E-state index in [-0.39, 0.29) is 5.78 Å². The molecule has 94 valence electrons. The molecule has 0 aliphatic heterocycles. The van der Waals surface area contributed by atoms with E-state index in [1.807, 2.05) is 32.0 Å². The van der Waals surface area contributed by atoms with Crippen LogP contribution in [-0.2, 0) is 7.05 Å². The topological polar surface area (TPSA) is 44.1 Å². The predicted molar refractivity (Wildman–Crippen MR) is 69.1 cm³/mol. The highest BCUT2D eigenvalue weighted by Gasteiger charge is 2.19. The second kappa shape index (κ2) is 4.64. The number of carbonyl (C=O) groups is 1. The molecule has 4 heteroatoms. The number of aromatic nitrogens is 2. The van der Waals surface area contributed by atoms with Crippen molar-refractivity contribution >= 4 is 5.78 Å². The lowest BCUT2D eigenvalue weighted by molar-refractivity contribution is 0.102. The maximum Gasteiger partial charge on any atom is 0.214 e. The molecule has 2 aromatic rings. The van der Waals surface area contributed by atoms with Crippen LogP contribution in [0.2, 0.25) is 0 Å². The van der Waals surface area contributed by atoms with Crippen LogP contribution in [0.5, 0.6) is 5.75 Å². The number of benzene rings is 1. The fourth-order valence-electron chi connectivity index (χ4n) is 1.85. The first-order chi connectivity index (χ1) is 8.54. The molecule has 0 atom stereocenters. The Hall–Kier alpha value is -2.10. The molecule has 0 radical (unpaired) electrons. The van der Waals surface area contributed by atoms with E-state index < -0.39 is 0 Å². The first-order valence-corrected chi connectivity index (χ1v) is 5.72. The number of ether oxygens (including phenoxy) is 1. The zero-order valence-electron chi connectivity index (χ0n) is 11.0. The second-order valence-electron chi connectivity index (χ2n) is 4.31. The highest BCUT2D eigenvalue weighted by Crippen LogP contribution is 2.21. The Kier molecular flexibility index (Phi) is 3.19. The minimum atomic E-state index is -0.0741. The molecular weight excluding hydrogens is 228 g/mol. The largest absolute Gasteiger partial charge is 0.493 e. The standard InChI is InChI=1S/C14H16N2O2/c1-9-5-6-11(7-10(9)2)14(17)13-12(18-4)8-15-16(13)3/h5-8H,1-4H3. The summed E-state index contributed by atoms with van der Waals surface area (Å²) in [5.41, 5.74) is 3.39. The van der Waals surface area contributed by atoms with Gasteiger partial charge in [-0.25, -0.2) is 0 Å². The van der Waals surface area contributed by atoms with Gasteiger partial charge in [0.1, 0.15) is 0 Å². The Balaban J connectivity index is 2.47. The van der Waals surface area contributed by atoms with Crippen LogP contribution in [0.4, 0.5) is 0 Å². The number of carbonyl (C=O) groups excluding carboxylic acids is 1. The van der Waals surface area contributed by atoms with Gasteiger partial charge >= 0.3 is 0 Å². The number of ketones is 1. The van der Waals surface area contributed by atoms with Gasteiger partial charge in [0.05, 0.1) is 13.3 Å². The fraction of sp³-hybridized carbons (Fsp3) is 0.286. The Morgan fingerprint density at radius 1 is 1.28 bits per heavy atom. The molecule has 2 rings (SSSR count). The maximum atomic E-state index is 12.4. The van der Waals surface area contributed by atoms with Gasteiger partial charge in [-0.15, -0.1) is 0 Å². The van der Waals surface area contributed by atoms with Crippen molar-refractivity contribution in [3.63, 3.8) is 0 Å². The van der Waals surface area contributed by atoms with E-state index in [4.69, 9.17) is 4.74 Å². The zero-order chi connectivity index (χ0) is 13.3. The van der Waals surface area contributed by atoms with Crippen LogP contribution in [0.1, 0.15) is 27.2 Å². The van der Waals surface area contributed by atoms with Crippen LogP contribution < -0.4 is 4.74 Å². The molecule has 4 nitrogen and oxygen atoms in total. The Morgan fingerprint density at radius 2 is 2.00 bits per heavy atom. The lowest BCUT2D eigenvalue weighted by Crippen LogP contribution is -2.10. The summed E-state index contributed by atoms with van der Waals surface area (Å²) in [6.45, 7) is 4.01. The molecule has 0 unspecified atom stereocenters. The van der Waals surface area contributed by atoms with Crippen molar-refractivity contribution < 1.29 is 9.53 Å². The molecule has 0 bridgehead atoms. The van der Waals surface area contributed by atoms with Crippen molar-refractivity contribution in [3.8, 4) is 5.75 Å². The average molecular weight is 244 g/mol. The molecule has 0 spiro atoms. The monoisotopic (exact) mass is 244 g/mol. The molecule has 0 saturated carbocycles. The van der Waals surface area contributed by atoms with Crippen molar-refractivity contribution in [2.75, 3.05) is 7.11 Å². The van der Waals surface area contributed by atoms with Gasteiger partial charge in [-0.2, -0.15) is 5.10 Å². The summed E-state index contributed by atoms with van der Waals surface area (Å²) in [5, 5.41) is 4.04. The highest BCUT2D eigenvalue weighted by molar-refractivity contribution is 6.09. The van der Waals surface area contributed by atoms with Crippen LogP contribution in [0.25, 0.3) is 0 Å². The third-order valence-corrected chi connectivity index (χ3v) is 3.11. The maximum absolute atomic E-state index is 12.4. The lowest BCUT2D eigenvalue weighted by atomic mass is 10.0. The number of hydrogen-bond acceptors (Lipinski definition) is 3. The van der Waals surface area contributed by atoms with Crippen molar-refractivity contribution in [1.82, 2.24) is 9.78 Å². The van der Waals surface area contributed by atoms with Crippen LogP contribution >= 0.6 is 0 Å². The summed E-state index contributed by atoms with van der Waals surface area (Å²) in [6.07, 6.45) is 1.55. The third-order valence-electron chi connectivity index (χ3n) is 3.11. The number of aryl methyl sites for hydroxylation is 3. The van der Waals surface area contributed by atoms with Gasteiger partial charge in [-0.05, 0) is 31.0 Å². The van der Waals surface area contributed by atoms with Gasteiger partial charge < -0.3 is 4.74 Å². The minimum absolute atomic E-state index is 0.0741. The number of methoxy groups -OCH3 is 1. The van der Waals surface area contributed by atoms with Gasteiger partial charge in [-0.3, -0.25) is 9.48 Å². The van der Waals surface area contributed by atoms with Crippen molar-refractivity contribution in [2.45, 2.75) is 13.8 Å². The second-order valence-corrected chi connectivity index (χ2v) is 4.31. The molecular formula is C14H16N2O2. The summed E-state index contributed by atoms with van der Waals surface area (Å²) in [7, 11) is 3.27. The Bertz CT molecular complexity index is 600. The molecule has 1 aromatic heterocycles. The fourth-order valence-corrected chi connectivity index (χ4v) is 1.85. The van der Waals surface area contributed by atoms with Gasteiger partial charge in [0.2, 0.25) is 5.78 Å². The predicted octanol–water partition coefficient (Wildman–Crippen LogP) is 2.28. The minimum Gasteiger partial charge on any atom is -0.493 e. The Labute approximate surface area is 106 Å². The van der Waals surface area contributed by atoms with Gasteiger partial charge in [-0.1, -0.05) is 12.1 Å². The van der Waals surface area contributed by atoms with Crippen LogP contribution in [-0.4, -0.2) is 22.7 Å². The normalized spacial score (nSPS) is 10.4. The number of rotatable bonds is 3. The van der Waals surface area contributed by atoms with E-state index in [1.54, 1.807) is 13.2 Å². The summed E-state index contributed by atoms with van der Waals surface area (Å²) in [4.78, 5) is 12.4. The van der Waals surface area contributed by atoms with Crippen molar-refractivity contribution in [2.24, 2.45) is 7.05 Å². The third kappa shape index (κ3) is 2.01. The number of nitrogens with zero attached hydrogens (tertiary/aromatic N) is 2. The van der Waals surface area contributed by atoms with Crippen LogP contribution in [0.3, 0.4) is 0 Å². The number of hydrogen-bond donors (Lipinski definition) is 0. The average Bonchev–Trinajstić information content (AvgIpc) is 2.73. The van der Waals surface area contributed by atoms with E-state index in [0.717, 1.165) is 5.56 Å². The summed E-state index contributed by atoms with van der Waals surface area (Å²) < 4.78 is 6.70. The van der Waals surface area contributed by atoms with Gasteiger partial charge in [0, 0.05) is 12.6 Å². The van der Waals surface area contributed by atoms with Crippen molar-refractivity contribution in [1.29, 1.82) is 0 Å². The first-order valence-electron chi connectivity index (χ1n) is 5.72. The van der Waals surface area contributed by atoms with Crippen molar-refractivity contribution in [3.05, 3.63) is 46.8 Å². The van der Waals surface area contributed by atoms with Crippen LogP contribution in [0.15, 0.2) is 24.4 Å². The van der Waals surface area contributed by atoms with Gasteiger partial charge in [0.15, 0.2) is 11.4 Å². The molecule has 18 heavy (non-hydrogen) atoms. The van der Waals surface area contributed by atoms with E-state index in [2.05, 4.69) is 5.10 Å². The molecule has 1 aromatic carbocycles. The van der Waals surface area contributed by atoms with Crippen LogP contribution in [0, 0.1) is 13.8 Å². The van der Waals surface area contributed by atoms with E-state index in [9.17, 15) is 4.79 Å². The molecule has 0 fully saturated rings. The summed E-state index contributed by atoms with van der Waals surface area (Å²) in [6, 6.07) is 5.67. The smallest absolute Gasteiger partial charge is 0.214 e. The van der Waals surface area contributed by atoms with E-state index >= 15 is 0 Å². The summed E-state index contributed by atoms with van der Waals surface area (Å²) >= 11 is 0. The molecule has 0 aliphatic rings. The molecule has 0 aliphatic carbocycles. The van der Waals surface area contributed by atoms with E-state index in [0.29, 0.717) is 17.0 Å². The first kappa shape index (κ1) is 12.4. The zero-order valence-corrected chi connectivity index (χ0v) is 11.0. The SMILES string of the molecule is COc1cnn(C)c1C(=O)c1ccc(C)c(C)c1. The lowest BCUT2D eigenvalue weighted by Gasteiger charge is -2.06. The molecule has 0 amide bonds. The molecule has 0 N–H and O–H groups in total. The molecule has 1 heterocycles. The Morgan fingerprint density at radius 3 is 2.61 bits per heavy atom. The summed E-state index contributed by atoms with van der Waals surface area (Å²) in [5.74, 6) is 0.427. The molecule has 0 saturated heterocycles. The quantitative estimate of drug-likeness (QED) is 0.778. The highest BCUT2D eigenvalue weighted by atomic mass is 16.5. The van der Waals surface area contributed by atoms with Gasteiger partial charge in [0.25, 0.3) is 0 Å². The van der Waals surface area contributed by atoms with E-state index in [1.165, 1.54) is 17.4 Å².